The molecular weight excluding hydrogens is 264 g/mol. The van der Waals surface area contributed by atoms with Crippen LogP contribution in [0, 0.1) is 11.3 Å². The summed E-state index contributed by atoms with van der Waals surface area (Å²) >= 11 is 5.89. The topological polar surface area (TPSA) is 73.4 Å². The van der Waals surface area contributed by atoms with E-state index in [0.717, 1.165) is 31.9 Å². The maximum Gasteiger partial charge on any atom is 0.231 e. The molecule has 19 heavy (non-hydrogen) atoms. The van der Waals surface area contributed by atoms with Gasteiger partial charge in [-0.3, -0.25) is 9.69 Å². The Morgan fingerprint density at radius 2 is 2.05 bits per heavy atom. The number of amides is 1. The maximum atomic E-state index is 10.9. The van der Waals surface area contributed by atoms with Crippen LogP contribution in [-0.4, -0.2) is 43.5 Å². The van der Waals surface area contributed by atoms with Gasteiger partial charge in [0.1, 0.15) is 6.07 Å². The number of nitrogens with zero attached hydrogens (tertiary/aromatic N) is 3. The third kappa shape index (κ3) is 3.37. The summed E-state index contributed by atoms with van der Waals surface area (Å²) in [5, 5.41) is 9.70. The Morgan fingerprint density at radius 1 is 1.37 bits per heavy atom. The zero-order chi connectivity index (χ0) is 13.8. The average Bonchev–Trinajstić information content (AvgIpc) is 2.39. The Morgan fingerprint density at radius 3 is 2.63 bits per heavy atom. The second-order valence-corrected chi connectivity index (χ2v) is 4.94. The highest BCUT2D eigenvalue weighted by atomic mass is 35.5. The number of halogens is 1. The highest BCUT2D eigenvalue weighted by Crippen LogP contribution is 2.24. The quantitative estimate of drug-likeness (QED) is 0.888. The Kier molecular flexibility index (Phi) is 4.25. The second-order valence-electron chi connectivity index (χ2n) is 4.50. The van der Waals surface area contributed by atoms with Gasteiger partial charge in [-0.05, 0) is 18.2 Å². The third-order valence-corrected chi connectivity index (χ3v) is 3.41. The first-order valence-corrected chi connectivity index (χ1v) is 6.43. The minimum absolute atomic E-state index is 0.291. The van der Waals surface area contributed by atoms with Crippen LogP contribution in [0.15, 0.2) is 18.2 Å². The molecule has 1 aliphatic rings. The first kappa shape index (κ1) is 13.7. The predicted molar refractivity (Wildman–Crippen MR) is 74.0 cm³/mol. The lowest BCUT2D eigenvalue weighted by Gasteiger charge is -2.35. The molecule has 2 N–H and O–H groups in total. The van der Waals surface area contributed by atoms with E-state index in [1.54, 1.807) is 12.1 Å². The smallest absolute Gasteiger partial charge is 0.231 e. The molecule has 5 nitrogen and oxygen atoms in total. The van der Waals surface area contributed by atoms with E-state index in [9.17, 15) is 4.79 Å². The SMILES string of the molecule is N#Cc1cc(Cl)ccc1N1CCN(CC(N)=O)CC1. The number of hydrogen-bond acceptors (Lipinski definition) is 4. The summed E-state index contributed by atoms with van der Waals surface area (Å²) in [6.45, 7) is 3.35. The van der Waals surface area contributed by atoms with E-state index < -0.39 is 0 Å². The number of primary amides is 1. The van der Waals surface area contributed by atoms with Crippen molar-refractivity contribution in [2.24, 2.45) is 5.73 Å². The van der Waals surface area contributed by atoms with E-state index in [-0.39, 0.29) is 5.91 Å². The Bertz CT molecular complexity index is 518. The van der Waals surface area contributed by atoms with Gasteiger partial charge >= 0.3 is 0 Å². The van der Waals surface area contributed by atoms with E-state index in [0.29, 0.717) is 17.1 Å². The van der Waals surface area contributed by atoms with Crippen molar-refractivity contribution < 1.29 is 4.79 Å². The van der Waals surface area contributed by atoms with Crippen LogP contribution >= 0.6 is 11.6 Å². The van der Waals surface area contributed by atoms with Crippen molar-refractivity contribution in [1.82, 2.24) is 4.90 Å². The fourth-order valence-corrected chi connectivity index (χ4v) is 2.41. The number of piperazine rings is 1. The monoisotopic (exact) mass is 278 g/mol. The van der Waals surface area contributed by atoms with Crippen molar-refractivity contribution >= 4 is 23.2 Å². The summed E-state index contributed by atoms with van der Waals surface area (Å²) in [7, 11) is 0. The van der Waals surface area contributed by atoms with Crippen molar-refractivity contribution in [3.8, 4) is 6.07 Å². The van der Waals surface area contributed by atoms with Crippen LogP contribution in [0.5, 0.6) is 0 Å². The van der Waals surface area contributed by atoms with Crippen LogP contribution in [0.25, 0.3) is 0 Å². The van der Waals surface area contributed by atoms with Crippen molar-refractivity contribution in [3.63, 3.8) is 0 Å². The van der Waals surface area contributed by atoms with Crippen LogP contribution in [0.4, 0.5) is 5.69 Å². The Balaban J connectivity index is 2.06. The number of carbonyl (C=O) groups is 1. The molecule has 0 aromatic heterocycles. The molecule has 1 aromatic carbocycles. The van der Waals surface area contributed by atoms with E-state index >= 15 is 0 Å². The molecule has 1 fully saturated rings. The number of benzene rings is 1. The zero-order valence-electron chi connectivity index (χ0n) is 10.5. The van der Waals surface area contributed by atoms with Gasteiger partial charge in [-0.2, -0.15) is 5.26 Å². The summed E-state index contributed by atoms with van der Waals surface area (Å²) in [6, 6.07) is 7.49. The Labute approximate surface area is 117 Å². The van der Waals surface area contributed by atoms with Crippen molar-refractivity contribution in [3.05, 3.63) is 28.8 Å². The summed E-state index contributed by atoms with van der Waals surface area (Å²) in [6.07, 6.45) is 0. The van der Waals surface area contributed by atoms with Gasteiger partial charge in [-0.25, -0.2) is 0 Å². The van der Waals surface area contributed by atoms with Crippen molar-refractivity contribution in [2.45, 2.75) is 0 Å². The van der Waals surface area contributed by atoms with E-state index in [1.165, 1.54) is 0 Å². The third-order valence-electron chi connectivity index (χ3n) is 3.17. The van der Waals surface area contributed by atoms with Crippen LogP contribution < -0.4 is 10.6 Å². The Hall–Kier alpha value is -1.77. The second kappa shape index (κ2) is 5.91. The molecule has 2 rings (SSSR count). The van der Waals surface area contributed by atoms with Crippen LogP contribution in [0.1, 0.15) is 5.56 Å². The summed E-state index contributed by atoms with van der Waals surface area (Å²) in [4.78, 5) is 15.0. The molecular formula is C13H15ClN4O. The van der Waals surface area contributed by atoms with Crippen LogP contribution in [0.2, 0.25) is 5.02 Å². The number of nitrogens with two attached hydrogens (primary N) is 1. The lowest BCUT2D eigenvalue weighted by molar-refractivity contribution is -0.119. The molecule has 100 valence electrons. The number of carbonyl (C=O) groups excluding carboxylic acids is 1. The fraction of sp³-hybridized carbons (Fsp3) is 0.385. The van der Waals surface area contributed by atoms with E-state index in [4.69, 9.17) is 22.6 Å². The number of hydrogen-bond donors (Lipinski definition) is 1. The summed E-state index contributed by atoms with van der Waals surface area (Å²) in [5.74, 6) is -0.308. The lowest BCUT2D eigenvalue weighted by Crippen LogP contribution is -2.49. The fourth-order valence-electron chi connectivity index (χ4n) is 2.24. The standard InChI is InChI=1S/C13H15ClN4O/c14-11-1-2-12(10(7-11)8-15)18-5-3-17(4-6-18)9-13(16)19/h1-2,7H,3-6,9H2,(H2,16,19). The molecule has 1 heterocycles. The van der Waals surface area contributed by atoms with Crippen molar-refractivity contribution in [2.75, 3.05) is 37.6 Å². The summed E-state index contributed by atoms with van der Waals surface area (Å²) < 4.78 is 0. The van der Waals surface area contributed by atoms with Gasteiger partial charge in [0.25, 0.3) is 0 Å². The van der Waals surface area contributed by atoms with Gasteiger partial charge in [-0.1, -0.05) is 11.6 Å². The van der Waals surface area contributed by atoms with Gasteiger partial charge < -0.3 is 10.6 Å². The minimum Gasteiger partial charge on any atom is -0.369 e. The van der Waals surface area contributed by atoms with E-state index in [2.05, 4.69) is 11.0 Å². The molecule has 0 bridgehead atoms. The maximum absolute atomic E-state index is 10.9. The van der Waals surface area contributed by atoms with Crippen LogP contribution in [0.3, 0.4) is 0 Å². The summed E-state index contributed by atoms with van der Waals surface area (Å²) in [5.41, 5.74) is 6.65. The molecule has 0 atom stereocenters. The highest BCUT2D eigenvalue weighted by Gasteiger charge is 2.20. The predicted octanol–water partition coefficient (Wildman–Crippen LogP) is 0.819. The van der Waals surface area contributed by atoms with Crippen molar-refractivity contribution in [1.29, 1.82) is 5.26 Å². The normalized spacial score (nSPS) is 16.1. The molecule has 0 spiro atoms. The van der Waals surface area contributed by atoms with Gasteiger partial charge in [-0.15, -0.1) is 0 Å². The van der Waals surface area contributed by atoms with Gasteiger partial charge in [0.2, 0.25) is 5.91 Å². The molecule has 0 radical (unpaired) electrons. The van der Waals surface area contributed by atoms with Gasteiger partial charge in [0.15, 0.2) is 0 Å². The molecule has 1 aliphatic heterocycles. The molecule has 1 aromatic rings. The molecule has 1 amide bonds. The zero-order valence-corrected chi connectivity index (χ0v) is 11.2. The molecule has 0 saturated carbocycles. The number of nitriles is 1. The first-order chi connectivity index (χ1) is 9.10. The molecule has 1 saturated heterocycles. The van der Waals surface area contributed by atoms with Gasteiger partial charge in [0.05, 0.1) is 17.8 Å². The minimum atomic E-state index is -0.308. The molecule has 0 unspecified atom stereocenters. The number of anilines is 1. The van der Waals surface area contributed by atoms with E-state index in [1.807, 2.05) is 11.0 Å². The first-order valence-electron chi connectivity index (χ1n) is 6.05. The van der Waals surface area contributed by atoms with Crippen LogP contribution in [-0.2, 0) is 4.79 Å². The largest absolute Gasteiger partial charge is 0.369 e. The average molecular weight is 279 g/mol. The lowest BCUT2D eigenvalue weighted by atomic mass is 10.1. The highest BCUT2D eigenvalue weighted by molar-refractivity contribution is 6.30. The molecule has 0 aliphatic carbocycles. The number of rotatable bonds is 3. The van der Waals surface area contributed by atoms with Gasteiger partial charge in [0, 0.05) is 31.2 Å². The molecule has 6 heteroatoms.